The second-order valence-corrected chi connectivity index (χ2v) is 10.6. The van der Waals surface area contributed by atoms with Crippen molar-refractivity contribution in [3.05, 3.63) is 0 Å². The topological polar surface area (TPSA) is 0 Å². The molecule has 0 saturated carbocycles. The first kappa shape index (κ1) is 11.6. The Hall–Kier alpha value is 1.56. The fraction of sp³-hybridized carbons (Fsp3) is 1.00. The second-order valence-electron chi connectivity index (χ2n) is 2.90. The predicted octanol–water partition coefficient (Wildman–Crippen LogP) is 2.79. The zero-order valence-electron chi connectivity index (χ0n) is 7.59. The zero-order chi connectivity index (χ0) is 8.49. The van der Waals surface area contributed by atoms with Crippen molar-refractivity contribution in [2.45, 2.75) is 51.2 Å². The van der Waals surface area contributed by atoms with E-state index in [0.717, 1.165) is 44.9 Å². The first-order valence-electron chi connectivity index (χ1n) is 4.73. The minimum absolute atomic E-state index is 1.02. The molecule has 12 heavy (non-hydrogen) atoms. The van der Waals surface area contributed by atoms with Gasteiger partial charge >= 0.3 is 96.0 Å². The summed E-state index contributed by atoms with van der Waals surface area (Å²) in [7, 11) is 0. The number of hydrogen-bond donors (Lipinski definition) is 0. The van der Waals surface area contributed by atoms with Gasteiger partial charge in [-0.15, -0.1) is 0 Å². The summed E-state index contributed by atoms with van der Waals surface area (Å²) in [6, 6.07) is 0. The van der Waals surface area contributed by atoms with Crippen molar-refractivity contribution in [2.75, 3.05) is 0 Å². The van der Waals surface area contributed by atoms with Crippen LogP contribution in [0.4, 0.5) is 0 Å². The Morgan fingerprint density at radius 1 is 0.417 bits per heavy atom. The maximum absolute atomic E-state index is 1.59. The van der Waals surface area contributed by atoms with Crippen LogP contribution in [0, 0.1) is 0 Å². The van der Waals surface area contributed by atoms with Crippen molar-refractivity contribution >= 4 is 44.9 Å². The molecule has 1 fully saturated rings. The molecule has 0 radical (unpaired) electrons. The second kappa shape index (κ2) is 9.13. The van der Waals surface area contributed by atoms with Gasteiger partial charge < -0.3 is 0 Å². The third-order valence-electron chi connectivity index (χ3n) is 1.73. The van der Waals surface area contributed by atoms with Crippen molar-refractivity contribution < 1.29 is 0 Å². The molecule has 3 heteroatoms. The van der Waals surface area contributed by atoms with Gasteiger partial charge in [0.15, 0.2) is 0 Å². The van der Waals surface area contributed by atoms with Crippen LogP contribution in [0.15, 0.2) is 0 Å². The van der Waals surface area contributed by atoms with E-state index in [0.29, 0.717) is 0 Å². The predicted molar refractivity (Wildman–Crippen MR) is 60.0 cm³/mol. The molecule has 0 nitrogen and oxygen atoms in total. The molecular weight excluding hydrogens is 345 g/mol. The maximum atomic E-state index is 1.59. The quantitative estimate of drug-likeness (QED) is 0.581. The first-order chi connectivity index (χ1) is 6.00. The molecule has 0 atom stereocenters. The van der Waals surface area contributed by atoms with Crippen LogP contribution < -0.4 is 0 Å². The van der Waals surface area contributed by atoms with E-state index >= 15 is 0 Å². The van der Waals surface area contributed by atoms with Crippen LogP contribution in [-0.4, -0.2) is 44.9 Å². The molecule has 1 rings (SSSR count). The third-order valence-corrected chi connectivity index (χ3v) is 9.00. The summed E-state index contributed by atoms with van der Waals surface area (Å²) < 4.78 is 0. The van der Waals surface area contributed by atoms with E-state index in [1.165, 1.54) is 0 Å². The van der Waals surface area contributed by atoms with Crippen LogP contribution in [0.1, 0.15) is 19.3 Å². The molecule has 0 aromatic heterocycles. The Balaban J connectivity index is 2.00. The van der Waals surface area contributed by atoms with Crippen LogP contribution >= 0.6 is 0 Å². The van der Waals surface area contributed by atoms with E-state index in [1.807, 2.05) is 0 Å². The molecule has 0 spiro atoms. The van der Waals surface area contributed by atoms with Gasteiger partial charge in [-0.1, -0.05) is 0 Å². The summed E-state index contributed by atoms with van der Waals surface area (Å²) in [5.41, 5.74) is 0. The van der Waals surface area contributed by atoms with Gasteiger partial charge in [-0.2, -0.15) is 0 Å². The first-order valence-corrected chi connectivity index (χ1v) is 12.0. The van der Waals surface area contributed by atoms with Crippen LogP contribution in [0.5, 0.6) is 0 Å². The molecule has 1 saturated heterocycles. The van der Waals surface area contributed by atoms with Gasteiger partial charge in [0.25, 0.3) is 0 Å². The Kier molecular flexibility index (Phi) is 8.85. The van der Waals surface area contributed by atoms with Crippen molar-refractivity contribution in [3.8, 4) is 0 Å². The number of hydrogen-bond acceptors (Lipinski definition) is 0. The zero-order valence-corrected chi connectivity index (χ0v) is 12.7. The summed E-state index contributed by atoms with van der Waals surface area (Å²) in [5.74, 6) is 0. The summed E-state index contributed by atoms with van der Waals surface area (Å²) in [6.45, 7) is 0. The van der Waals surface area contributed by atoms with Crippen molar-refractivity contribution in [1.29, 1.82) is 0 Å². The molecule has 1 heterocycles. The minimum atomic E-state index is 1.02. The van der Waals surface area contributed by atoms with Crippen molar-refractivity contribution in [3.63, 3.8) is 0 Å². The third kappa shape index (κ3) is 7.01. The van der Waals surface area contributed by atoms with Gasteiger partial charge in [-0.05, 0) is 0 Å². The average Bonchev–Trinajstić information content (AvgIpc) is 2.05. The molecule has 0 amide bonds. The molecule has 0 aromatic rings. The van der Waals surface area contributed by atoms with E-state index in [4.69, 9.17) is 0 Å². The van der Waals surface area contributed by atoms with E-state index in [9.17, 15) is 0 Å². The molecule has 1 aliphatic heterocycles. The molecule has 0 aliphatic carbocycles. The summed E-state index contributed by atoms with van der Waals surface area (Å²) in [6.07, 6.45) is 4.68. The monoisotopic (exact) mass is 366 g/mol. The van der Waals surface area contributed by atoms with E-state index in [1.54, 1.807) is 51.2 Å². The van der Waals surface area contributed by atoms with Crippen LogP contribution in [0.25, 0.3) is 0 Å². The average molecular weight is 363 g/mol. The Labute approximate surface area is 95.5 Å². The van der Waals surface area contributed by atoms with Crippen LogP contribution in [0.3, 0.4) is 0 Å². The summed E-state index contributed by atoms with van der Waals surface area (Å²) in [4.78, 5) is 0. The molecule has 1 aliphatic rings. The van der Waals surface area contributed by atoms with Gasteiger partial charge in [0.2, 0.25) is 0 Å². The summed E-state index contributed by atoms with van der Waals surface area (Å²) in [5, 5.41) is 9.51. The molecule has 0 aromatic carbocycles. The Morgan fingerprint density at radius 3 is 0.917 bits per heavy atom. The van der Waals surface area contributed by atoms with E-state index in [2.05, 4.69) is 0 Å². The van der Waals surface area contributed by atoms with E-state index < -0.39 is 0 Å². The molecule has 0 bridgehead atoms. The van der Waals surface area contributed by atoms with Gasteiger partial charge in [-0.25, -0.2) is 0 Å². The van der Waals surface area contributed by atoms with Crippen LogP contribution in [-0.2, 0) is 0 Å². The van der Waals surface area contributed by atoms with Gasteiger partial charge in [0.05, 0.1) is 0 Å². The Bertz CT molecular complexity index is 52.8. The molecular formula is C9H18Se3. The Morgan fingerprint density at radius 2 is 0.667 bits per heavy atom. The van der Waals surface area contributed by atoms with Crippen molar-refractivity contribution in [2.24, 2.45) is 0 Å². The van der Waals surface area contributed by atoms with E-state index in [-0.39, 0.29) is 0 Å². The standard InChI is InChI=1S/C9H18Se3/c1-4-10-6-2-8-12-9-3-7-11-5-1/h1-9H2. The van der Waals surface area contributed by atoms with Crippen LogP contribution in [0.2, 0.25) is 31.9 Å². The fourth-order valence-corrected chi connectivity index (χ4v) is 9.55. The van der Waals surface area contributed by atoms with Gasteiger partial charge in [0.1, 0.15) is 0 Å². The molecule has 0 N–H and O–H groups in total. The fourth-order valence-electron chi connectivity index (χ4n) is 1.10. The van der Waals surface area contributed by atoms with Gasteiger partial charge in [0, 0.05) is 0 Å². The molecule has 0 unspecified atom stereocenters. The van der Waals surface area contributed by atoms with Gasteiger partial charge in [-0.3, -0.25) is 0 Å². The normalized spacial score (nSPS) is 24.0. The summed E-state index contributed by atoms with van der Waals surface area (Å²) >= 11 is 3.06. The van der Waals surface area contributed by atoms with Crippen molar-refractivity contribution in [1.82, 2.24) is 0 Å². The molecule has 72 valence electrons. The SMILES string of the molecule is C1C[Se]CCC[Se]CCC[Se]C1. The number of rotatable bonds is 0.